The molecule has 4 heteroatoms. The number of nitriles is 1. The largest absolute Gasteiger partial charge is 0.495 e. The van der Waals surface area contributed by atoms with Crippen LogP contribution in [0.1, 0.15) is 16.7 Å². The van der Waals surface area contributed by atoms with Crippen molar-refractivity contribution in [1.82, 2.24) is 5.32 Å². The van der Waals surface area contributed by atoms with Crippen LogP contribution in [-0.2, 0) is 13.1 Å². The standard InChI is InChI=1S/C16H15FN2O/c1-20-16-8-13(5-6-14(16)9-18)11-19-10-12-3-2-4-15(17)7-12/h2-8,19H,10-11H2,1H3. The highest BCUT2D eigenvalue weighted by molar-refractivity contribution is 5.45. The lowest BCUT2D eigenvalue weighted by atomic mass is 10.1. The van der Waals surface area contributed by atoms with Gasteiger partial charge >= 0.3 is 0 Å². The number of methoxy groups -OCH3 is 1. The number of hydrogen-bond acceptors (Lipinski definition) is 3. The minimum absolute atomic E-state index is 0.232. The van der Waals surface area contributed by atoms with Crippen molar-refractivity contribution in [3.8, 4) is 11.8 Å². The van der Waals surface area contributed by atoms with Crippen LogP contribution >= 0.6 is 0 Å². The Morgan fingerprint density at radius 1 is 1.15 bits per heavy atom. The summed E-state index contributed by atoms with van der Waals surface area (Å²) in [7, 11) is 1.54. The average Bonchev–Trinajstić information content (AvgIpc) is 2.47. The summed E-state index contributed by atoms with van der Waals surface area (Å²) in [5.41, 5.74) is 2.42. The Bertz CT molecular complexity index is 635. The minimum Gasteiger partial charge on any atom is -0.495 e. The predicted octanol–water partition coefficient (Wildman–Crippen LogP) is 3.00. The van der Waals surface area contributed by atoms with E-state index in [4.69, 9.17) is 10.00 Å². The first kappa shape index (κ1) is 14.0. The Morgan fingerprint density at radius 3 is 2.55 bits per heavy atom. The highest BCUT2D eigenvalue weighted by Crippen LogP contribution is 2.19. The van der Waals surface area contributed by atoms with E-state index in [0.717, 1.165) is 11.1 Å². The normalized spacial score (nSPS) is 10.1. The van der Waals surface area contributed by atoms with Gasteiger partial charge < -0.3 is 10.1 Å². The molecule has 0 aliphatic rings. The second kappa shape index (κ2) is 6.69. The van der Waals surface area contributed by atoms with Gasteiger partial charge in [0.05, 0.1) is 12.7 Å². The van der Waals surface area contributed by atoms with Gasteiger partial charge in [-0.25, -0.2) is 4.39 Å². The summed E-state index contributed by atoms with van der Waals surface area (Å²) in [6.07, 6.45) is 0. The highest BCUT2D eigenvalue weighted by atomic mass is 19.1. The average molecular weight is 270 g/mol. The second-order valence-corrected chi connectivity index (χ2v) is 4.38. The molecular formula is C16H15FN2O. The zero-order chi connectivity index (χ0) is 14.4. The van der Waals surface area contributed by atoms with Crippen molar-refractivity contribution in [1.29, 1.82) is 5.26 Å². The van der Waals surface area contributed by atoms with Crippen molar-refractivity contribution in [2.45, 2.75) is 13.1 Å². The Morgan fingerprint density at radius 2 is 1.90 bits per heavy atom. The molecule has 0 aromatic heterocycles. The number of hydrogen-bond donors (Lipinski definition) is 1. The van der Waals surface area contributed by atoms with Crippen LogP contribution in [0.5, 0.6) is 5.75 Å². The van der Waals surface area contributed by atoms with E-state index >= 15 is 0 Å². The van der Waals surface area contributed by atoms with E-state index in [9.17, 15) is 4.39 Å². The fourth-order valence-corrected chi connectivity index (χ4v) is 1.94. The third-order valence-corrected chi connectivity index (χ3v) is 2.93. The van der Waals surface area contributed by atoms with Crippen LogP contribution in [0.4, 0.5) is 4.39 Å². The van der Waals surface area contributed by atoms with Crippen LogP contribution in [0, 0.1) is 17.1 Å². The Kier molecular flexibility index (Phi) is 4.70. The molecule has 0 aliphatic heterocycles. The molecule has 0 bridgehead atoms. The van der Waals surface area contributed by atoms with E-state index in [1.807, 2.05) is 18.2 Å². The molecular weight excluding hydrogens is 255 g/mol. The van der Waals surface area contributed by atoms with E-state index in [2.05, 4.69) is 11.4 Å². The van der Waals surface area contributed by atoms with Gasteiger partial charge in [-0.3, -0.25) is 0 Å². The van der Waals surface area contributed by atoms with E-state index in [-0.39, 0.29) is 5.82 Å². The quantitative estimate of drug-likeness (QED) is 0.908. The number of rotatable bonds is 5. The minimum atomic E-state index is -0.232. The van der Waals surface area contributed by atoms with E-state index in [1.165, 1.54) is 12.1 Å². The van der Waals surface area contributed by atoms with Gasteiger partial charge in [-0.05, 0) is 35.4 Å². The zero-order valence-corrected chi connectivity index (χ0v) is 11.2. The molecule has 0 saturated heterocycles. The molecule has 0 amide bonds. The van der Waals surface area contributed by atoms with Crippen molar-refractivity contribution in [3.63, 3.8) is 0 Å². The molecule has 0 spiro atoms. The number of nitrogens with zero attached hydrogens (tertiary/aromatic N) is 1. The molecule has 0 radical (unpaired) electrons. The van der Waals surface area contributed by atoms with Crippen molar-refractivity contribution >= 4 is 0 Å². The Labute approximate surface area is 117 Å². The fourth-order valence-electron chi connectivity index (χ4n) is 1.94. The fraction of sp³-hybridized carbons (Fsp3) is 0.188. The summed E-state index contributed by atoms with van der Waals surface area (Å²) in [6, 6.07) is 14.0. The molecule has 0 unspecified atom stereocenters. The topological polar surface area (TPSA) is 45.0 Å². The van der Waals surface area contributed by atoms with Gasteiger partial charge in [-0.1, -0.05) is 18.2 Å². The van der Waals surface area contributed by atoms with Crippen LogP contribution < -0.4 is 10.1 Å². The van der Waals surface area contributed by atoms with Gasteiger partial charge in [-0.15, -0.1) is 0 Å². The Balaban J connectivity index is 1.96. The maximum atomic E-state index is 13.0. The number of halogens is 1. The molecule has 2 aromatic rings. The molecule has 1 N–H and O–H groups in total. The number of nitrogens with one attached hydrogen (secondary N) is 1. The molecule has 0 aliphatic carbocycles. The maximum absolute atomic E-state index is 13.0. The predicted molar refractivity (Wildman–Crippen MR) is 74.7 cm³/mol. The molecule has 2 aromatic carbocycles. The molecule has 20 heavy (non-hydrogen) atoms. The summed E-state index contributed by atoms with van der Waals surface area (Å²) in [5, 5.41) is 12.1. The van der Waals surface area contributed by atoms with Crippen LogP contribution in [0.2, 0.25) is 0 Å². The van der Waals surface area contributed by atoms with E-state index < -0.39 is 0 Å². The highest BCUT2D eigenvalue weighted by Gasteiger charge is 2.03. The zero-order valence-electron chi connectivity index (χ0n) is 11.2. The van der Waals surface area contributed by atoms with Gasteiger partial charge in [0.25, 0.3) is 0 Å². The molecule has 0 saturated carbocycles. The van der Waals surface area contributed by atoms with Crippen molar-refractivity contribution in [2.75, 3.05) is 7.11 Å². The third-order valence-electron chi connectivity index (χ3n) is 2.93. The molecule has 0 atom stereocenters. The molecule has 0 fully saturated rings. The van der Waals surface area contributed by atoms with E-state index in [1.54, 1.807) is 19.2 Å². The molecule has 102 valence electrons. The summed E-state index contributed by atoms with van der Waals surface area (Å²) in [6.45, 7) is 1.21. The monoisotopic (exact) mass is 270 g/mol. The summed E-state index contributed by atoms with van der Waals surface area (Å²) >= 11 is 0. The molecule has 0 heterocycles. The summed E-state index contributed by atoms with van der Waals surface area (Å²) < 4.78 is 18.2. The summed E-state index contributed by atoms with van der Waals surface area (Å²) in [5.74, 6) is 0.335. The SMILES string of the molecule is COc1cc(CNCc2cccc(F)c2)ccc1C#N. The Hall–Kier alpha value is -2.38. The third kappa shape index (κ3) is 3.56. The van der Waals surface area contributed by atoms with E-state index in [0.29, 0.717) is 24.4 Å². The first-order valence-electron chi connectivity index (χ1n) is 6.25. The lowest BCUT2D eigenvalue weighted by Crippen LogP contribution is -2.12. The van der Waals surface area contributed by atoms with Crippen LogP contribution in [0.15, 0.2) is 42.5 Å². The lowest BCUT2D eigenvalue weighted by molar-refractivity contribution is 0.412. The van der Waals surface area contributed by atoms with Crippen molar-refractivity contribution in [3.05, 3.63) is 65.0 Å². The van der Waals surface area contributed by atoms with Gasteiger partial charge in [0, 0.05) is 13.1 Å². The van der Waals surface area contributed by atoms with Gasteiger partial charge in [0.2, 0.25) is 0 Å². The first-order valence-corrected chi connectivity index (χ1v) is 6.25. The summed E-state index contributed by atoms with van der Waals surface area (Å²) in [4.78, 5) is 0. The lowest BCUT2D eigenvalue weighted by Gasteiger charge is -2.08. The number of benzene rings is 2. The van der Waals surface area contributed by atoms with Crippen LogP contribution in [0.25, 0.3) is 0 Å². The van der Waals surface area contributed by atoms with Gasteiger partial charge in [0.15, 0.2) is 0 Å². The molecule has 2 rings (SSSR count). The van der Waals surface area contributed by atoms with Gasteiger partial charge in [-0.2, -0.15) is 5.26 Å². The number of ether oxygens (including phenoxy) is 1. The van der Waals surface area contributed by atoms with Crippen molar-refractivity contribution in [2.24, 2.45) is 0 Å². The smallest absolute Gasteiger partial charge is 0.136 e. The van der Waals surface area contributed by atoms with Gasteiger partial charge in [0.1, 0.15) is 17.6 Å². The molecule has 3 nitrogen and oxygen atoms in total. The van der Waals surface area contributed by atoms with Crippen molar-refractivity contribution < 1.29 is 9.13 Å². The van der Waals surface area contributed by atoms with Crippen LogP contribution in [-0.4, -0.2) is 7.11 Å². The van der Waals surface area contributed by atoms with Crippen LogP contribution in [0.3, 0.4) is 0 Å². The first-order chi connectivity index (χ1) is 9.72. The maximum Gasteiger partial charge on any atom is 0.136 e. The second-order valence-electron chi connectivity index (χ2n) is 4.38.